The maximum Gasteiger partial charge on any atom is 0.208 e. The van der Waals surface area contributed by atoms with Crippen molar-refractivity contribution in [1.82, 2.24) is 15.1 Å². The van der Waals surface area contributed by atoms with Crippen molar-refractivity contribution in [2.45, 2.75) is 19.8 Å². The van der Waals surface area contributed by atoms with Gasteiger partial charge in [0.25, 0.3) is 0 Å². The normalized spacial score (nSPS) is 17.6. The number of hydrogen-bond donors (Lipinski definition) is 1. The van der Waals surface area contributed by atoms with Gasteiger partial charge in [0.2, 0.25) is 5.13 Å². The zero-order valence-corrected chi connectivity index (χ0v) is 11.2. The van der Waals surface area contributed by atoms with Crippen LogP contribution in [0.15, 0.2) is 0 Å². The van der Waals surface area contributed by atoms with Gasteiger partial charge < -0.3 is 10.6 Å². The minimum absolute atomic E-state index is 0.810. The van der Waals surface area contributed by atoms with Crippen LogP contribution in [0.5, 0.6) is 0 Å². The highest BCUT2D eigenvalue weighted by atomic mass is 32.1. The van der Waals surface area contributed by atoms with Crippen LogP contribution in [0.1, 0.15) is 17.8 Å². The van der Waals surface area contributed by atoms with Crippen molar-refractivity contribution >= 4 is 16.5 Å². The molecule has 1 aliphatic rings. The number of unbranched alkanes of at least 4 members (excludes halogenated alkanes) is 1. The van der Waals surface area contributed by atoms with Crippen molar-refractivity contribution < 1.29 is 0 Å². The lowest BCUT2D eigenvalue weighted by molar-refractivity contribution is 0.253. The van der Waals surface area contributed by atoms with E-state index in [1.165, 1.54) is 13.0 Å². The molecule has 1 saturated heterocycles. The molecule has 1 fully saturated rings. The maximum atomic E-state index is 5.50. The topological polar surface area (TPSA) is 58.3 Å². The highest BCUT2D eigenvalue weighted by Crippen LogP contribution is 2.20. The lowest BCUT2D eigenvalue weighted by Crippen LogP contribution is -2.46. The monoisotopic (exact) mass is 255 g/mol. The SMILES string of the molecule is Cc1nnc(N2CCN(CCCCN)CC2)s1. The van der Waals surface area contributed by atoms with E-state index < -0.39 is 0 Å². The average molecular weight is 255 g/mol. The molecule has 17 heavy (non-hydrogen) atoms. The molecule has 0 amide bonds. The Kier molecular flexibility index (Phi) is 4.70. The lowest BCUT2D eigenvalue weighted by atomic mass is 10.2. The molecule has 1 aliphatic heterocycles. The van der Waals surface area contributed by atoms with Crippen LogP contribution in [0.2, 0.25) is 0 Å². The van der Waals surface area contributed by atoms with E-state index in [0.29, 0.717) is 0 Å². The fourth-order valence-electron chi connectivity index (χ4n) is 2.06. The first-order chi connectivity index (χ1) is 8.29. The number of piperazine rings is 1. The molecule has 2 rings (SSSR count). The third-order valence-corrected chi connectivity index (χ3v) is 3.99. The number of nitrogens with zero attached hydrogens (tertiary/aromatic N) is 4. The number of anilines is 1. The quantitative estimate of drug-likeness (QED) is 0.785. The zero-order chi connectivity index (χ0) is 12.1. The van der Waals surface area contributed by atoms with Gasteiger partial charge in [-0.15, -0.1) is 10.2 Å². The second kappa shape index (κ2) is 6.28. The minimum Gasteiger partial charge on any atom is -0.344 e. The van der Waals surface area contributed by atoms with Gasteiger partial charge in [-0.2, -0.15) is 0 Å². The van der Waals surface area contributed by atoms with Crippen molar-refractivity contribution in [3.8, 4) is 0 Å². The van der Waals surface area contributed by atoms with Gasteiger partial charge in [0.1, 0.15) is 5.01 Å². The van der Waals surface area contributed by atoms with E-state index in [1.54, 1.807) is 11.3 Å². The molecular weight excluding hydrogens is 234 g/mol. The summed E-state index contributed by atoms with van der Waals surface area (Å²) in [6.07, 6.45) is 2.35. The molecule has 2 heterocycles. The van der Waals surface area contributed by atoms with Gasteiger partial charge in [0.15, 0.2) is 0 Å². The van der Waals surface area contributed by atoms with E-state index in [-0.39, 0.29) is 0 Å². The van der Waals surface area contributed by atoms with Crippen molar-refractivity contribution in [3.63, 3.8) is 0 Å². The number of aromatic nitrogens is 2. The second-order valence-corrected chi connectivity index (χ2v) is 5.59. The summed E-state index contributed by atoms with van der Waals surface area (Å²) >= 11 is 1.69. The van der Waals surface area contributed by atoms with Gasteiger partial charge in [-0.25, -0.2) is 0 Å². The lowest BCUT2D eigenvalue weighted by Gasteiger charge is -2.34. The number of rotatable bonds is 5. The third kappa shape index (κ3) is 3.62. The van der Waals surface area contributed by atoms with Gasteiger partial charge in [-0.3, -0.25) is 4.90 Å². The Balaban J connectivity index is 1.74. The predicted octanol–water partition coefficient (Wildman–Crippen LogP) is 0.707. The van der Waals surface area contributed by atoms with Crippen LogP contribution in [0.25, 0.3) is 0 Å². The average Bonchev–Trinajstić information content (AvgIpc) is 2.77. The summed E-state index contributed by atoms with van der Waals surface area (Å²) in [6, 6.07) is 0. The van der Waals surface area contributed by atoms with Crippen LogP contribution in [0.3, 0.4) is 0 Å². The molecule has 1 aromatic heterocycles. The standard InChI is InChI=1S/C11H21N5S/c1-10-13-14-11(17-10)16-8-6-15(7-9-16)5-3-2-4-12/h2-9,12H2,1H3. The molecule has 0 unspecified atom stereocenters. The molecule has 0 atom stereocenters. The number of nitrogens with two attached hydrogens (primary N) is 1. The summed E-state index contributed by atoms with van der Waals surface area (Å²) in [5.41, 5.74) is 5.50. The summed E-state index contributed by atoms with van der Waals surface area (Å²) in [4.78, 5) is 4.85. The Hall–Kier alpha value is -0.720. The first kappa shape index (κ1) is 12.7. The van der Waals surface area contributed by atoms with Gasteiger partial charge in [-0.05, 0) is 32.9 Å². The van der Waals surface area contributed by atoms with Crippen LogP contribution >= 0.6 is 11.3 Å². The molecule has 0 spiro atoms. The molecule has 5 nitrogen and oxygen atoms in total. The molecular formula is C11H21N5S. The summed E-state index contributed by atoms with van der Waals surface area (Å²) < 4.78 is 0. The van der Waals surface area contributed by atoms with Gasteiger partial charge in [-0.1, -0.05) is 11.3 Å². The van der Waals surface area contributed by atoms with Gasteiger partial charge in [0, 0.05) is 26.2 Å². The van der Waals surface area contributed by atoms with Gasteiger partial charge >= 0.3 is 0 Å². The van der Waals surface area contributed by atoms with Gasteiger partial charge in [0.05, 0.1) is 0 Å². The third-order valence-electron chi connectivity index (χ3n) is 3.09. The molecule has 0 aliphatic carbocycles. The molecule has 6 heteroatoms. The smallest absolute Gasteiger partial charge is 0.208 e. The largest absolute Gasteiger partial charge is 0.344 e. The number of hydrogen-bond acceptors (Lipinski definition) is 6. The van der Waals surface area contributed by atoms with Crippen LogP contribution in [0, 0.1) is 6.92 Å². The fourth-order valence-corrected chi connectivity index (χ4v) is 2.80. The molecule has 2 N–H and O–H groups in total. The first-order valence-electron chi connectivity index (χ1n) is 6.27. The van der Waals surface area contributed by atoms with E-state index >= 15 is 0 Å². The van der Waals surface area contributed by atoms with Crippen molar-refractivity contribution in [3.05, 3.63) is 5.01 Å². The summed E-state index contributed by atoms with van der Waals surface area (Å²) in [5, 5.41) is 10.4. The van der Waals surface area contributed by atoms with Crippen molar-refractivity contribution in [2.24, 2.45) is 5.73 Å². The molecule has 0 aromatic carbocycles. The summed E-state index contributed by atoms with van der Waals surface area (Å²) in [5.74, 6) is 0. The Labute approximate surface area is 107 Å². The molecule has 96 valence electrons. The Bertz CT molecular complexity index is 332. The van der Waals surface area contributed by atoms with E-state index in [1.807, 2.05) is 6.92 Å². The van der Waals surface area contributed by atoms with E-state index in [9.17, 15) is 0 Å². The predicted molar refractivity (Wildman–Crippen MR) is 71.6 cm³/mol. The van der Waals surface area contributed by atoms with Crippen molar-refractivity contribution in [1.29, 1.82) is 0 Å². The Morgan fingerprint density at radius 1 is 1.18 bits per heavy atom. The maximum absolute atomic E-state index is 5.50. The van der Waals surface area contributed by atoms with E-state index in [4.69, 9.17) is 5.73 Å². The molecule has 0 radical (unpaired) electrons. The number of aryl methyl sites for hydroxylation is 1. The summed E-state index contributed by atoms with van der Waals surface area (Å²) in [7, 11) is 0. The Morgan fingerprint density at radius 3 is 2.53 bits per heavy atom. The summed E-state index contributed by atoms with van der Waals surface area (Å²) in [6.45, 7) is 8.38. The van der Waals surface area contributed by atoms with Crippen LogP contribution in [0.4, 0.5) is 5.13 Å². The highest BCUT2D eigenvalue weighted by molar-refractivity contribution is 7.15. The first-order valence-corrected chi connectivity index (χ1v) is 7.08. The molecule has 1 aromatic rings. The minimum atomic E-state index is 0.810. The van der Waals surface area contributed by atoms with Crippen LogP contribution in [-0.4, -0.2) is 54.4 Å². The molecule has 0 bridgehead atoms. The van der Waals surface area contributed by atoms with Crippen LogP contribution < -0.4 is 10.6 Å². The fraction of sp³-hybridized carbons (Fsp3) is 0.818. The van der Waals surface area contributed by atoms with Crippen LogP contribution in [-0.2, 0) is 0 Å². The highest BCUT2D eigenvalue weighted by Gasteiger charge is 2.18. The Morgan fingerprint density at radius 2 is 1.94 bits per heavy atom. The van der Waals surface area contributed by atoms with E-state index in [2.05, 4.69) is 20.0 Å². The molecule has 0 saturated carbocycles. The second-order valence-electron chi connectivity index (χ2n) is 4.43. The van der Waals surface area contributed by atoms with Crippen molar-refractivity contribution in [2.75, 3.05) is 44.2 Å². The van der Waals surface area contributed by atoms with E-state index in [0.717, 1.165) is 49.3 Å². The zero-order valence-electron chi connectivity index (χ0n) is 10.4.